The zero-order valence-electron chi connectivity index (χ0n) is 20.0. The van der Waals surface area contributed by atoms with Gasteiger partial charge in [-0.2, -0.15) is 0 Å². The number of aryl methyl sites for hydroxylation is 2. The summed E-state index contributed by atoms with van der Waals surface area (Å²) in [6.07, 6.45) is 10.3. The molecule has 2 atom stereocenters. The van der Waals surface area contributed by atoms with E-state index in [-0.39, 0.29) is 24.5 Å². The SMILES string of the molecule is CC/C=C(/O)C(CCN(CCCCc1ccc2c(n1)NCCC2)CC(F)F)NC1C=CNC=N1. The number of hydrogen-bond acceptors (Lipinski definition) is 7. The Bertz CT molecular complexity index is 833. The van der Waals surface area contributed by atoms with E-state index in [9.17, 15) is 13.9 Å². The molecule has 0 saturated carbocycles. The van der Waals surface area contributed by atoms with Crippen molar-refractivity contribution in [2.75, 3.05) is 31.5 Å². The van der Waals surface area contributed by atoms with Crippen molar-refractivity contribution < 1.29 is 13.9 Å². The quantitative estimate of drug-likeness (QED) is 0.240. The molecule has 0 fully saturated rings. The fraction of sp³-hybridized carbons (Fsp3) is 0.600. The molecule has 9 heteroatoms. The predicted molar refractivity (Wildman–Crippen MR) is 134 cm³/mol. The third kappa shape index (κ3) is 8.68. The number of rotatable bonds is 14. The lowest BCUT2D eigenvalue weighted by atomic mass is 10.1. The first kappa shape index (κ1) is 26.1. The van der Waals surface area contributed by atoms with Crippen LogP contribution >= 0.6 is 0 Å². The van der Waals surface area contributed by atoms with E-state index in [0.717, 1.165) is 50.2 Å². The first-order valence-electron chi connectivity index (χ1n) is 12.4. The Kier molecular flexibility index (Phi) is 10.8. The minimum absolute atomic E-state index is 0.230. The van der Waals surface area contributed by atoms with Crippen molar-refractivity contribution in [2.24, 2.45) is 4.99 Å². The number of nitrogens with zero attached hydrogens (tertiary/aromatic N) is 3. The van der Waals surface area contributed by atoms with Crippen LogP contribution in [-0.2, 0) is 12.8 Å². The van der Waals surface area contributed by atoms with Crippen LogP contribution in [0.2, 0.25) is 0 Å². The molecule has 0 radical (unpaired) electrons. The van der Waals surface area contributed by atoms with Crippen molar-refractivity contribution >= 4 is 12.2 Å². The van der Waals surface area contributed by atoms with Crippen LogP contribution < -0.4 is 16.0 Å². The summed E-state index contributed by atoms with van der Waals surface area (Å²) in [5.74, 6) is 1.23. The largest absolute Gasteiger partial charge is 0.511 e. The van der Waals surface area contributed by atoms with Gasteiger partial charge in [0.2, 0.25) is 0 Å². The predicted octanol–water partition coefficient (Wildman–Crippen LogP) is 4.00. The molecule has 4 N–H and O–H groups in total. The number of pyridine rings is 1. The molecule has 34 heavy (non-hydrogen) atoms. The number of allylic oxidation sites excluding steroid dienone is 1. The number of aliphatic imine (C=N–C) groups is 1. The van der Waals surface area contributed by atoms with Gasteiger partial charge >= 0.3 is 0 Å². The maximum absolute atomic E-state index is 13.2. The van der Waals surface area contributed by atoms with Crippen LogP contribution in [0.3, 0.4) is 0 Å². The van der Waals surface area contributed by atoms with Crippen molar-refractivity contribution in [1.29, 1.82) is 0 Å². The second-order valence-corrected chi connectivity index (χ2v) is 8.78. The number of aliphatic hydroxyl groups excluding tert-OH is 1. The molecule has 0 amide bonds. The zero-order valence-corrected chi connectivity index (χ0v) is 20.0. The van der Waals surface area contributed by atoms with Gasteiger partial charge in [0.1, 0.15) is 17.7 Å². The van der Waals surface area contributed by atoms with Gasteiger partial charge in [-0.15, -0.1) is 0 Å². The number of alkyl halides is 2. The van der Waals surface area contributed by atoms with Crippen LogP contribution in [0.4, 0.5) is 14.6 Å². The van der Waals surface area contributed by atoms with E-state index >= 15 is 0 Å². The van der Waals surface area contributed by atoms with Crippen LogP contribution in [0.15, 0.2) is 41.2 Å². The van der Waals surface area contributed by atoms with E-state index in [0.29, 0.717) is 25.9 Å². The van der Waals surface area contributed by atoms with E-state index in [1.54, 1.807) is 23.5 Å². The molecule has 2 unspecified atom stereocenters. The molecule has 3 heterocycles. The van der Waals surface area contributed by atoms with Gasteiger partial charge in [-0.25, -0.2) is 13.8 Å². The maximum Gasteiger partial charge on any atom is 0.251 e. The van der Waals surface area contributed by atoms with E-state index in [1.807, 2.05) is 13.0 Å². The Morgan fingerprint density at radius 3 is 2.97 bits per heavy atom. The molecule has 2 aliphatic heterocycles. The molecule has 1 aromatic heterocycles. The van der Waals surface area contributed by atoms with Gasteiger partial charge in [0.25, 0.3) is 6.43 Å². The summed E-state index contributed by atoms with van der Waals surface area (Å²) in [5, 5.41) is 20.0. The minimum atomic E-state index is -2.39. The highest BCUT2D eigenvalue weighted by molar-refractivity contribution is 5.57. The van der Waals surface area contributed by atoms with Crippen molar-refractivity contribution in [3.8, 4) is 0 Å². The molecule has 0 bridgehead atoms. The van der Waals surface area contributed by atoms with Crippen molar-refractivity contribution in [2.45, 2.75) is 70.5 Å². The molecule has 2 aliphatic rings. The smallest absolute Gasteiger partial charge is 0.251 e. The van der Waals surface area contributed by atoms with E-state index < -0.39 is 6.43 Å². The topological polar surface area (TPSA) is 84.8 Å². The number of halogens is 2. The van der Waals surface area contributed by atoms with Crippen LogP contribution in [0.5, 0.6) is 0 Å². The first-order valence-corrected chi connectivity index (χ1v) is 12.4. The highest BCUT2D eigenvalue weighted by Crippen LogP contribution is 2.20. The number of nitrogens with one attached hydrogen (secondary N) is 3. The molecule has 7 nitrogen and oxygen atoms in total. The van der Waals surface area contributed by atoms with Gasteiger partial charge in [-0.1, -0.05) is 13.0 Å². The Morgan fingerprint density at radius 2 is 2.21 bits per heavy atom. The Balaban J connectivity index is 1.49. The van der Waals surface area contributed by atoms with Gasteiger partial charge in [0, 0.05) is 25.0 Å². The monoisotopic (exact) mass is 476 g/mol. The van der Waals surface area contributed by atoms with Crippen LogP contribution in [-0.4, -0.2) is 66.1 Å². The minimum Gasteiger partial charge on any atom is -0.511 e. The van der Waals surface area contributed by atoms with Crippen LogP contribution in [0.25, 0.3) is 0 Å². The summed E-state index contributed by atoms with van der Waals surface area (Å²) in [6.45, 7) is 3.70. The van der Waals surface area contributed by atoms with E-state index in [1.165, 1.54) is 5.56 Å². The Morgan fingerprint density at radius 1 is 1.32 bits per heavy atom. The molecule has 188 valence electrons. The van der Waals surface area contributed by atoms with E-state index in [4.69, 9.17) is 4.98 Å². The third-order valence-electron chi connectivity index (χ3n) is 6.07. The number of unbranched alkanes of at least 4 members (excludes halogenated alkanes) is 1. The Hall–Kier alpha value is -2.52. The molecule has 0 aromatic carbocycles. The zero-order chi connectivity index (χ0) is 24.2. The second-order valence-electron chi connectivity index (χ2n) is 8.78. The van der Waals surface area contributed by atoms with Crippen LogP contribution in [0.1, 0.15) is 50.3 Å². The highest BCUT2D eigenvalue weighted by atomic mass is 19.3. The summed E-state index contributed by atoms with van der Waals surface area (Å²) < 4.78 is 26.5. The fourth-order valence-corrected chi connectivity index (χ4v) is 4.29. The lowest BCUT2D eigenvalue weighted by Gasteiger charge is -2.27. The van der Waals surface area contributed by atoms with Gasteiger partial charge in [-0.3, -0.25) is 15.2 Å². The molecule has 3 rings (SSSR count). The standard InChI is InChI=1S/C25H38F2N6O/c1-2-6-22(34)21(32-24-11-14-28-18-30-24)12-16-33(17-23(26)27)15-4-3-8-20-10-9-19-7-5-13-29-25(19)31-20/h6,9-11,14,18,21,23-24,32,34H,2-5,7-8,12-13,15-17H2,1H3,(H,28,30)(H,29,31)/b22-6+. The summed E-state index contributed by atoms with van der Waals surface area (Å²) in [6, 6.07) is 3.88. The molecule has 0 aliphatic carbocycles. The molecule has 0 saturated heterocycles. The lowest BCUT2D eigenvalue weighted by Crippen LogP contribution is -2.42. The summed E-state index contributed by atoms with van der Waals surface area (Å²) in [5.41, 5.74) is 2.32. The first-order chi connectivity index (χ1) is 16.5. The average molecular weight is 477 g/mol. The third-order valence-corrected chi connectivity index (χ3v) is 6.07. The second kappa shape index (κ2) is 14.0. The molecule has 1 aromatic rings. The lowest BCUT2D eigenvalue weighted by molar-refractivity contribution is 0.0847. The number of fused-ring (bicyclic) bond motifs is 1. The van der Waals surface area contributed by atoms with Gasteiger partial charge < -0.3 is 15.7 Å². The van der Waals surface area contributed by atoms with Crippen LogP contribution in [0, 0.1) is 0 Å². The summed E-state index contributed by atoms with van der Waals surface area (Å²) >= 11 is 0. The van der Waals surface area contributed by atoms with E-state index in [2.05, 4.69) is 33.1 Å². The number of anilines is 1. The maximum atomic E-state index is 13.2. The fourth-order valence-electron chi connectivity index (χ4n) is 4.29. The average Bonchev–Trinajstić information content (AvgIpc) is 2.84. The number of aliphatic hydroxyl groups is 1. The van der Waals surface area contributed by atoms with Crippen molar-refractivity contribution in [1.82, 2.24) is 20.5 Å². The summed E-state index contributed by atoms with van der Waals surface area (Å²) in [4.78, 5) is 10.8. The van der Waals surface area contributed by atoms with Gasteiger partial charge in [0.15, 0.2) is 0 Å². The normalized spacial score (nSPS) is 18.6. The van der Waals surface area contributed by atoms with Gasteiger partial charge in [0.05, 0.1) is 18.9 Å². The number of aromatic nitrogens is 1. The van der Waals surface area contributed by atoms with Crippen molar-refractivity contribution in [3.63, 3.8) is 0 Å². The molecular weight excluding hydrogens is 438 g/mol. The Labute approximate surface area is 201 Å². The molecular formula is C25H38F2N6O. The highest BCUT2D eigenvalue weighted by Gasteiger charge is 2.20. The number of hydrogen-bond donors (Lipinski definition) is 4. The van der Waals surface area contributed by atoms with Gasteiger partial charge in [-0.05, 0) is 75.3 Å². The summed E-state index contributed by atoms with van der Waals surface area (Å²) in [7, 11) is 0. The molecule has 0 spiro atoms. The van der Waals surface area contributed by atoms with Crippen molar-refractivity contribution in [3.05, 3.63) is 47.5 Å².